The molecule has 0 aliphatic rings. The second-order valence-electron chi connectivity index (χ2n) is 8.22. The molecule has 0 aliphatic heterocycles. The van der Waals surface area contributed by atoms with Crippen molar-refractivity contribution in [3.8, 4) is 23.0 Å². The number of carbonyl (C=O) groups is 1. The minimum atomic E-state index is -0.618. The summed E-state index contributed by atoms with van der Waals surface area (Å²) in [5, 5.41) is 0.632. The molecule has 0 atom stereocenters. The van der Waals surface area contributed by atoms with Crippen LogP contribution in [0.3, 0.4) is 0 Å². The lowest BCUT2D eigenvalue weighted by Crippen LogP contribution is -2.10. The third kappa shape index (κ3) is 5.50. The van der Waals surface area contributed by atoms with E-state index >= 15 is 0 Å². The van der Waals surface area contributed by atoms with E-state index in [2.05, 4.69) is 9.98 Å². The second-order valence-corrected chi connectivity index (χ2v) is 9.07. The number of benzene rings is 4. The first-order chi connectivity index (χ1) is 17.9. The largest absolute Gasteiger partial charge is 0.493 e. The van der Waals surface area contributed by atoms with Crippen molar-refractivity contribution in [1.29, 1.82) is 0 Å². The fraction of sp³-hybridized carbons (Fsp3) is 0.0690. The third-order valence-electron chi connectivity index (χ3n) is 5.54. The maximum absolute atomic E-state index is 12.6. The van der Waals surface area contributed by atoms with E-state index in [-0.39, 0.29) is 16.3 Å². The summed E-state index contributed by atoms with van der Waals surface area (Å²) in [4.78, 5) is 21.8. The van der Waals surface area contributed by atoms with Crippen molar-refractivity contribution < 1.29 is 18.7 Å². The lowest BCUT2D eigenvalue weighted by atomic mass is 10.1. The number of nitrogens with zero attached hydrogens (tertiary/aromatic N) is 2. The molecule has 0 saturated heterocycles. The maximum Gasteiger partial charge on any atom is 0.345 e. The van der Waals surface area contributed by atoms with Crippen LogP contribution in [0, 0.1) is 6.92 Å². The molecule has 5 rings (SSSR count). The first kappa shape index (κ1) is 24.6. The van der Waals surface area contributed by atoms with Gasteiger partial charge in [0.1, 0.15) is 5.52 Å². The van der Waals surface area contributed by atoms with Gasteiger partial charge in [-0.3, -0.25) is 4.99 Å². The van der Waals surface area contributed by atoms with E-state index in [0.717, 1.165) is 16.7 Å². The van der Waals surface area contributed by atoms with Crippen LogP contribution in [0.25, 0.3) is 22.6 Å². The molecule has 6 nitrogen and oxygen atoms in total. The molecule has 0 fully saturated rings. The number of hydrogen-bond donors (Lipinski definition) is 0. The van der Waals surface area contributed by atoms with Crippen LogP contribution in [0.2, 0.25) is 10.0 Å². The molecule has 1 heterocycles. The Morgan fingerprint density at radius 3 is 2.62 bits per heavy atom. The van der Waals surface area contributed by atoms with E-state index < -0.39 is 5.97 Å². The highest BCUT2D eigenvalue weighted by Crippen LogP contribution is 2.31. The van der Waals surface area contributed by atoms with Crippen LogP contribution in [-0.4, -0.2) is 24.3 Å². The number of carbonyl (C=O) groups excluding carboxylic acids is 1. The van der Waals surface area contributed by atoms with Gasteiger partial charge in [-0.05, 0) is 79.2 Å². The number of aliphatic imine (C=N–C) groups is 1. The number of oxazole rings is 1. The van der Waals surface area contributed by atoms with Crippen molar-refractivity contribution >= 4 is 52.2 Å². The SMILES string of the molecule is COc1cc(C=Nc2ccc3oc(-c4cccc(C)c4)nc3c2)ccc1OC(=O)c1ccc(Cl)cc1Cl. The number of aryl methyl sites for hydroxylation is 1. The normalized spacial score (nSPS) is 11.2. The zero-order chi connectivity index (χ0) is 25.9. The summed E-state index contributed by atoms with van der Waals surface area (Å²) in [6.45, 7) is 2.03. The summed E-state index contributed by atoms with van der Waals surface area (Å²) >= 11 is 12.0. The summed E-state index contributed by atoms with van der Waals surface area (Å²) < 4.78 is 16.8. The number of esters is 1. The van der Waals surface area contributed by atoms with Gasteiger partial charge >= 0.3 is 5.97 Å². The molecule has 0 saturated carbocycles. The summed E-state index contributed by atoms with van der Waals surface area (Å²) in [6.07, 6.45) is 1.69. The van der Waals surface area contributed by atoms with Gasteiger partial charge in [0.2, 0.25) is 5.89 Å². The van der Waals surface area contributed by atoms with Gasteiger partial charge in [0.05, 0.1) is 23.4 Å². The fourth-order valence-corrected chi connectivity index (χ4v) is 4.19. The van der Waals surface area contributed by atoms with E-state index in [1.165, 1.54) is 19.2 Å². The van der Waals surface area contributed by atoms with E-state index in [9.17, 15) is 4.79 Å². The van der Waals surface area contributed by atoms with E-state index in [0.29, 0.717) is 33.4 Å². The van der Waals surface area contributed by atoms with Gasteiger partial charge < -0.3 is 13.9 Å². The van der Waals surface area contributed by atoms with E-state index in [1.807, 2.05) is 49.4 Å². The van der Waals surface area contributed by atoms with Gasteiger partial charge in [-0.2, -0.15) is 0 Å². The molecule has 37 heavy (non-hydrogen) atoms. The van der Waals surface area contributed by atoms with Crippen LogP contribution in [0.15, 0.2) is 88.3 Å². The maximum atomic E-state index is 12.6. The molecule has 0 bridgehead atoms. The first-order valence-corrected chi connectivity index (χ1v) is 12.0. The summed E-state index contributed by atoms with van der Waals surface area (Å²) in [5.41, 5.74) is 5.12. The average Bonchev–Trinajstić information content (AvgIpc) is 3.31. The number of aromatic nitrogens is 1. The van der Waals surface area contributed by atoms with Gasteiger partial charge in [0, 0.05) is 16.8 Å². The van der Waals surface area contributed by atoms with Crippen LogP contribution >= 0.6 is 23.2 Å². The molecule has 5 aromatic rings. The molecule has 184 valence electrons. The Morgan fingerprint density at radius 2 is 1.84 bits per heavy atom. The first-order valence-electron chi connectivity index (χ1n) is 11.3. The molecule has 4 aromatic carbocycles. The van der Waals surface area contributed by atoms with E-state index in [1.54, 1.807) is 30.5 Å². The Hall–Kier alpha value is -4.13. The van der Waals surface area contributed by atoms with Crippen LogP contribution in [0.1, 0.15) is 21.5 Å². The molecule has 0 amide bonds. The van der Waals surface area contributed by atoms with Gasteiger partial charge in [-0.25, -0.2) is 9.78 Å². The summed E-state index contributed by atoms with van der Waals surface area (Å²) in [5.74, 6) is 0.572. The van der Waals surface area contributed by atoms with Gasteiger partial charge in [-0.15, -0.1) is 0 Å². The van der Waals surface area contributed by atoms with Crippen LogP contribution < -0.4 is 9.47 Å². The molecule has 0 N–H and O–H groups in total. The van der Waals surface area contributed by atoms with Crippen molar-refractivity contribution in [3.63, 3.8) is 0 Å². The zero-order valence-electron chi connectivity index (χ0n) is 19.9. The standard InChI is InChI=1S/C29H20Cl2N2O4/c1-17-4-3-5-19(12-17)28-33-24-15-21(8-11-25(24)36-28)32-16-18-6-10-26(27(13-18)35-2)37-29(34)22-9-7-20(30)14-23(22)31/h3-16H,1-2H3. The quantitative estimate of drug-likeness (QED) is 0.126. The van der Waals surface area contributed by atoms with Crippen molar-refractivity contribution in [1.82, 2.24) is 4.98 Å². The second kappa shape index (κ2) is 10.5. The van der Waals surface area contributed by atoms with Crippen LogP contribution in [-0.2, 0) is 0 Å². The van der Waals surface area contributed by atoms with Crippen LogP contribution in [0.4, 0.5) is 5.69 Å². The highest BCUT2D eigenvalue weighted by molar-refractivity contribution is 6.36. The van der Waals surface area contributed by atoms with Crippen molar-refractivity contribution in [2.75, 3.05) is 7.11 Å². The molecule has 0 unspecified atom stereocenters. The monoisotopic (exact) mass is 530 g/mol. The molecular weight excluding hydrogens is 511 g/mol. The number of hydrogen-bond acceptors (Lipinski definition) is 6. The Balaban J connectivity index is 1.34. The molecule has 0 radical (unpaired) electrons. The number of ether oxygens (including phenoxy) is 2. The Kier molecular flexibility index (Phi) is 6.95. The molecule has 0 spiro atoms. The van der Waals surface area contributed by atoms with Crippen LogP contribution in [0.5, 0.6) is 11.5 Å². The lowest BCUT2D eigenvalue weighted by molar-refractivity contribution is 0.0730. The number of methoxy groups -OCH3 is 1. The van der Waals surface area contributed by atoms with E-state index in [4.69, 9.17) is 37.1 Å². The highest BCUT2D eigenvalue weighted by Gasteiger charge is 2.16. The third-order valence-corrected chi connectivity index (χ3v) is 6.09. The minimum absolute atomic E-state index is 0.201. The van der Waals surface area contributed by atoms with Gasteiger partial charge in [-0.1, -0.05) is 40.9 Å². The minimum Gasteiger partial charge on any atom is -0.493 e. The fourth-order valence-electron chi connectivity index (χ4n) is 3.71. The Morgan fingerprint density at radius 1 is 0.973 bits per heavy atom. The Bertz CT molecular complexity index is 1660. The molecule has 0 aliphatic carbocycles. The highest BCUT2D eigenvalue weighted by atomic mass is 35.5. The summed E-state index contributed by atoms with van der Waals surface area (Å²) in [7, 11) is 1.49. The number of rotatable bonds is 6. The Labute approximate surface area is 223 Å². The molecular formula is C29H20Cl2N2O4. The molecule has 8 heteroatoms. The number of halogens is 2. The number of fused-ring (bicyclic) bond motifs is 1. The topological polar surface area (TPSA) is 73.9 Å². The predicted octanol–water partition coefficient (Wildman–Crippen LogP) is 8.09. The van der Waals surface area contributed by atoms with Crippen molar-refractivity contribution in [2.45, 2.75) is 6.92 Å². The van der Waals surface area contributed by atoms with Crippen molar-refractivity contribution in [3.05, 3.63) is 106 Å². The van der Waals surface area contributed by atoms with Crippen molar-refractivity contribution in [2.24, 2.45) is 4.99 Å². The average molecular weight is 531 g/mol. The summed E-state index contributed by atoms with van der Waals surface area (Å²) in [6, 6.07) is 23.2. The zero-order valence-corrected chi connectivity index (χ0v) is 21.4. The smallest absolute Gasteiger partial charge is 0.345 e. The van der Waals surface area contributed by atoms with Gasteiger partial charge in [0.25, 0.3) is 0 Å². The predicted molar refractivity (Wildman–Crippen MR) is 146 cm³/mol. The molecule has 1 aromatic heterocycles. The lowest BCUT2D eigenvalue weighted by Gasteiger charge is -2.10. The van der Waals surface area contributed by atoms with Gasteiger partial charge in [0.15, 0.2) is 17.1 Å².